The highest BCUT2D eigenvalue weighted by Gasteiger charge is 2.38. The van der Waals surface area contributed by atoms with Crippen LogP contribution in [-0.2, 0) is 22.3 Å². The fourth-order valence-corrected chi connectivity index (χ4v) is 4.46. The SMILES string of the molecule is O=C(Nc1ccccc1C(F)(F)F)N1CCC(N2CCN(Cc3cccc(F)c3)C(=O)C2=O)CC1. The zero-order valence-electron chi connectivity index (χ0n) is 18.7. The number of urea groups is 1. The highest BCUT2D eigenvalue weighted by Crippen LogP contribution is 2.34. The molecule has 2 aliphatic heterocycles. The van der Waals surface area contributed by atoms with Gasteiger partial charge in [-0.2, -0.15) is 13.2 Å². The van der Waals surface area contributed by atoms with Crippen LogP contribution in [-0.4, -0.2) is 64.8 Å². The monoisotopic (exact) mass is 492 g/mol. The van der Waals surface area contributed by atoms with Gasteiger partial charge in [0, 0.05) is 38.8 Å². The molecule has 2 aliphatic rings. The Morgan fingerprint density at radius 2 is 1.66 bits per heavy atom. The number of carbonyl (C=O) groups is 3. The van der Waals surface area contributed by atoms with E-state index in [-0.39, 0.29) is 31.4 Å². The van der Waals surface area contributed by atoms with Gasteiger partial charge in [-0.3, -0.25) is 9.59 Å². The van der Waals surface area contributed by atoms with E-state index in [2.05, 4.69) is 5.32 Å². The van der Waals surface area contributed by atoms with Crippen molar-refractivity contribution in [1.82, 2.24) is 14.7 Å². The second-order valence-electron chi connectivity index (χ2n) is 8.55. The molecule has 2 heterocycles. The molecule has 4 amide bonds. The van der Waals surface area contributed by atoms with Crippen LogP contribution >= 0.6 is 0 Å². The van der Waals surface area contributed by atoms with Gasteiger partial charge in [-0.1, -0.05) is 24.3 Å². The number of hydrogen-bond donors (Lipinski definition) is 1. The smallest absolute Gasteiger partial charge is 0.330 e. The summed E-state index contributed by atoms with van der Waals surface area (Å²) in [6.07, 6.45) is -3.80. The molecular weight excluding hydrogens is 468 g/mol. The van der Waals surface area contributed by atoms with Gasteiger partial charge in [0.25, 0.3) is 0 Å². The van der Waals surface area contributed by atoms with Crippen molar-refractivity contribution >= 4 is 23.5 Å². The summed E-state index contributed by atoms with van der Waals surface area (Å²) in [6, 6.07) is 9.69. The molecule has 2 saturated heterocycles. The largest absolute Gasteiger partial charge is 0.418 e. The maximum atomic E-state index is 13.4. The third kappa shape index (κ3) is 5.55. The summed E-state index contributed by atoms with van der Waals surface area (Å²) in [5, 5.41) is 2.33. The van der Waals surface area contributed by atoms with Crippen molar-refractivity contribution in [1.29, 1.82) is 0 Å². The summed E-state index contributed by atoms with van der Waals surface area (Å²) < 4.78 is 53.0. The van der Waals surface area contributed by atoms with Crippen molar-refractivity contribution in [3.63, 3.8) is 0 Å². The van der Waals surface area contributed by atoms with Gasteiger partial charge in [-0.15, -0.1) is 0 Å². The van der Waals surface area contributed by atoms with E-state index in [1.807, 2.05) is 0 Å². The number of nitrogens with one attached hydrogen (secondary N) is 1. The van der Waals surface area contributed by atoms with Crippen LogP contribution in [0.25, 0.3) is 0 Å². The van der Waals surface area contributed by atoms with Crippen LogP contribution in [0.4, 0.5) is 28.0 Å². The highest BCUT2D eigenvalue weighted by molar-refractivity contribution is 6.35. The van der Waals surface area contributed by atoms with Gasteiger partial charge in [0.1, 0.15) is 5.82 Å². The van der Waals surface area contributed by atoms with Gasteiger partial charge < -0.3 is 20.0 Å². The van der Waals surface area contributed by atoms with Crippen molar-refractivity contribution in [2.45, 2.75) is 31.6 Å². The van der Waals surface area contributed by atoms with Gasteiger partial charge >= 0.3 is 24.0 Å². The number of amides is 4. The van der Waals surface area contributed by atoms with Crippen molar-refractivity contribution < 1.29 is 31.9 Å². The molecule has 0 unspecified atom stereocenters. The first-order valence-corrected chi connectivity index (χ1v) is 11.2. The van der Waals surface area contributed by atoms with Crippen molar-refractivity contribution in [3.05, 3.63) is 65.5 Å². The molecule has 0 radical (unpaired) electrons. The number of piperidine rings is 1. The van der Waals surface area contributed by atoms with Gasteiger partial charge in [-0.25, -0.2) is 9.18 Å². The van der Waals surface area contributed by atoms with Crippen LogP contribution in [0.5, 0.6) is 0 Å². The van der Waals surface area contributed by atoms with Gasteiger partial charge in [0.2, 0.25) is 0 Å². The molecule has 0 bridgehead atoms. The lowest BCUT2D eigenvalue weighted by Crippen LogP contribution is -2.59. The molecule has 0 saturated carbocycles. The second-order valence-corrected chi connectivity index (χ2v) is 8.55. The number of rotatable bonds is 4. The van der Waals surface area contributed by atoms with Crippen LogP contribution in [0.1, 0.15) is 24.0 Å². The standard InChI is InChI=1S/C24H24F4N4O3/c25-17-5-3-4-16(14-17)15-31-12-13-32(22(34)21(31)33)18-8-10-30(11-9-18)23(35)29-20-7-2-1-6-19(20)24(26,27)28/h1-7,14,18H,8-13,15H2,(H,29,35). The summed E-state index contributed by atoms with van der Waals surface area (Å²) in [6.45, 7) is 1.21. The Morgan fingerprint density at radius 3 is 2.34 bits per heavy atom. The van der Waals surface area contributed by atoms with E-state index in [1.54, 1.807) is 12.1 Å². The number of benzene rings is 2. The van der Waals surface area contributed by atoms with Crippen LogP contribution in [0.15, 0.2) is 48.5 Å². The molecule has 0 aromatic heterocycles. The van der Waals surface area contributed by atoms with E-state index in [9.17, 15) is 31.9 Å². The van der Waals surface area contributed by atoms with Crippen molar-refractivity contribution in [2.75, 3.05) is 31.5 Å². The number of likely N-dealkylation sites (tertiary alicyclic amines) is 1. The van der Waals surface area contributed by atoms with Gasteiger partial charge in [0.05, 0.1) is 11.3 Å². The maximum absolute atomic E-state index is 13.4. The van der Waals surface area contributed by atoms with E-state index in [0.29, 0.717) is 31.5 Å². The third-order valence-electron chi connectivity index (χ3n) is 6.27. The topological polar surface area (TPSA) is 73.0 Å². The van der Waals surface area contributed by atoms with E-state index in [4.69, 9.17) is 0 Å². The molecule has 35 heavy (non-hydrogen) atoms. The molecule has 0 atom stereocenters. The second kappa shape index (κ2) is 9.93. The Hall–Kier alpha value is -3.63. The Bertz CT molecular complexity index is 1120. The molecule has 7 nitrogen and oxygen atoms in total. The minimum absolute atomic E-state index is 0.133. The maximum Gasteiger partial charge on any atom is 0.418 e. The summed E-state index contributed by atoms with van der Waals surface area (Å²) in [5.41, 5.74) is -0.656. The van der Waals surface area contributed by atoms with Crippen LogP contribution in [0.2, 0.25) is 0 Å². The highest BCUT2D eigenvalue weighted by atomic mass is 19.4. The van der Waals surface area contributed by atoms with Crippen molar-refractivity contribution in [3.8, 4) is 0 Å². The number of carbonyl (C=O) groups excluding carboxylic acids is 3. The Balaban J connectivity index is 1.32. The number of piperazine rings is 1. The Morgan fingerprint density at radius 1 is 0.943 bits per heavy atom. The first kappa shape index (κ1) is 24.5. The fraction of sp³-hybridized carbons (Fsp3) is 0.375. The predicted octanol–water partition coefficient (Wildman–Crippen LogP) is 3.71. The first-order valence-electron chi connectivity index (χ1n) is 11.2. The van der Waals surface area contributed by atoms with Gasteiger partial charge in [0.15, 0.2) is 0 Å². The fourth-order valence-electron chi connectivity index (χ4n) is 4.46. The lowest BCUT2D eigenvalue weighted by molar-refractivity contribution is -0.158. The zero-order chi connectivity index (χ0) is 25.2. The van der Waals surface area contributed by atoms with Crippen LogP contribution in [0.3, 0.4) is 0 Å². The number of alkyl halides is 3. The van der Waals surface area contributed by atoms with Crippen molar-refractivity contribution in [2.24, 2.45) is 0 Å². The van der Waals surface area contributed by atoms with E-state index in [0.717, 1.165) is 6.07 Å². The molecule has 2 fully saturated rings. The van der Waals surface area contributed by atoms with Gasteiger partial charge in [-0.05, 0) is 42.7 Å². The minimum Gasteiger partial charge on any atom is -0.330 e. The summed E-state index contributed by atoms with van der Waals surface area (Å²) >= 11 is 0. The average Bonchev–Trinajstić information content (AvgIpc) is 2.82. The average molecular weight is 492 g/mol. The molecule has 0 aliphatic carbocycles. The summed E-state index contributed by atoms with van der Waals surface area (Å²) in [7, 11) is 0. The molecule has 2 aromatic carbocycles. The first-order chi connectivity index (χ1) is 16.6. The van der Waals surface area contributed by atoms with E-state index >= 15 is 0 Å². The molecule has 4 rings (SSSR count). The number of para-hydroxylation sites is 1. The number of anilines is 1. The number of hydrogen-bond acceptors (Lipinski definition) is 3. The van der Waals surface area contributed by atoms with Crippen LogP contribution in [0, 0.1) is 5.82 Å². The molecule has 0 spiro atoms. The predicted molar refractivity (Wildman–Crippen MR) is 119 cm³/mol. The lowest BCUT2D eigenvalue weighted by atomic mass is 10.0. The Labute approximate surface area is 199 Å². The number of nitrogens with zero attached hydrogens (tertiary/aromatic N) is 3. The normalized spacial score (nSPS) is 17.7. The van der Waals surface area contributed by atoms with Crippen LogP contribution < -0.4 is 5.32 Å². The van der Waals surface area contributed by atoms with E-state index in [1.165, 1.54) is 45.0 Å². The third-order valence-corrected chi connectivity index (χ3v) is 6.27. The lowest BCUT2D eigenvalue weighted by Gasteiger charge is -2.42. The zero-order valence-corrected chi connectivity index (χ0v) is 18.7. The minimum atomic E-state index is -4.60. The quantitative estimate of drug-likeness (QED) is 0.523. The summed E-state index contributed by atoms with van der Waals surface area (Å²) in [5.74, 6) is -1.73. The van der Waals surface area contributed by atoms with E-state index < -0.39 is 35.4 Å². The Kier molecular flexibility index (Phi) is 6.95. The molecule has 11 heteroatoms. The summed E-state index contributed by atoms with van der Waals surface area (Å²) in [4.78, 5) is 42.2. The molecular formula is C24H24F4N4O3. The molecule has 1 N–H and O–H groups in total. The molecule has 2 aromatic rings. The molecule has 186 valence electrons. The number of halogens is 4.